The zero-order valence-electron chi connectivity index (χ0n) is 29.8. The van der Waals surface area contributed by atoms with E-state index in [1.165, 1.54) is 11.1 Å². The molecule has 4 fully saturated rings. The zero-order chi connectivity index (χ0) is 35.9. The third-order valence-corrected chi connectivity index (χ3v) is 15.3. The molecule has 0 aliphatic heterocycles. The van der Waals surface area contributed by atoms with Gasteiger partial charge in [0.25, 0.3) is 0 Å². The molecular weight excluding hydrogens is 640 g/mol. The lowest BCUT2D eigenvalue weighted by molar-refractivity contribution is -0.149. The molecule has 0 heterocycles. The lowest BCUT2D eigenvalue weighted by Crippen LogP contribution is -2.50. The molecule has 6 aliphatic carbocycles. The molecular formula is C44H50O7. The molecule has 8 rings (SSSR count). The molecule has 2 aromatic rings. The molecule has 1 unspecified atom stereocenters. The smallest absolute Gasteiger partial charge is 0.340 e. The van der Waals surface area contributed by atoms with Gasteiger partial charge in [-0.15, -0.1) is 12.8 Å². The number of carbonyl (C=O) groups excluding carboxylic acids is 2. The van der Waals surface area contributed by atoms with Gasteiger partial charge < -0.3 is 24.8 Å². The highest BCUT2D eigenvalue weighted by atomic mass is 16.6. The van der Waals surface area contributed by atoms with Crippen molar-refractivity contribution in [2.75, 3.05) is 0 Å². The molecule has 7 nitrogen and oxygen atoms in total. The van der Waals surface area contributed by atoms with E-state index in [0.717, 1.165) is 75.3 Å². The lowest BCUT2D eigenvalue weighted by Gasteiger charge is -2.52. The Kier molecular flexibility index (Phi) is 8.26. The maximum atomic E-state index is 12.9. The van der Waals surface area contributed by atoms with Gasteiger partial charge in [-0.1, -0.05) is 37.8 Å². The molecule has 0 radical (unpaired) electrons. The number of aliphatic hydroxyl groups excluding tert-OH is 1. The molecule has 2 aromatic carbocycles. The second-order valence-corrected chi connectivity index (χ2v) is 17.2. The fourth-order valence-corrected chi connectivity index (χ4v) is 12.3. The van der Waals surface area contributed by atoms with Crippen LogP contribution in [0.4, 0.5) is 0 Å². The minimum Gasteiger partial charge on any atom is -0.426 e. The second-order valence-electron chi connectivity index (χ2n) is 17.2. The van der Waals surface area contributed by atoms with Crippen LogP contribution in [0.3, 0.4) is 0 Å². The maximum absolute atomic E-state index is 12.9. The van der Waals surface area contributed by atoms with E-state index in [2.05, 4.69) is 31.8 Å². The Balaban J connectivity index is 0.869. The van der Waals surface area contributed by atoms with Crippen molar-refractivity contribution in [3.8, 4) is 36.2 Å². The first-order chi connectivity index (χ1) is 24.3. The van der Waals surface area contributed by atoms with Crippen LogP contribution < -0.4 is 9.47 Å². The molecule has 0 amide bonds. The minimum atomic E-state index is -1.66. The van der Waals surface area contributed by atoms with E-state index in [-0.39, 0.29) is 10.8 Å². The van der Waals surface area contributed by atoms with Crippen molar-refractivity contribution in [3.05, 3.63) is 58.7 Å². The van der Waals surface area contributed by atoms with Crippen LogP contribution in [0.15, 0.2) is 36.4 Å². The number of esters is 2. The highest BCUT2D eigenvalue weighted by Crippen LogP contribution is 2.65. The van der Waals surface area contributed by atoms with E-state index < -0.39 is 35.7 Å². The average Bonchev–Trinajstić information content (AvgIpc) is 3.56. The first-order valence-corrected chi connectivity index (χ1v) is 19.1. The summed E-state index contributed by atoms with van der Waals surface area (Å²) < 4.78 is 11.2. The standard InChI is InChI=1S/C44H50O7/c1-5-43(48)21-17-36-34-11-7-26-23-28(9-13-30(26)32(34)15-19-41(36,43)3)50-39(46)25-38(45)40(47)51-29-10-14-31-27(24-29)8-12-35-33(31)16-20-42(4)37(35)18-22-44(42,49)6-2/h1-2,9-10,13-14,23-24,32-38,45,48-49H,7-8,11-12,15-22,25H2,3-4H3/t32-,33-,34-,35-,36+,37+,38?,41+,42+,43+,44+/m1/s1. The van der Waals surface area contributed by atoms with Crippen LogP contribution in [0.2, 0.25) is 0 Å². The summed E-state index contributed by atoms with van der Waals surface area (Å²) in [5.74, 6) is 7.08. The van der Waals surface area contributed by atoms with Gasteiger partial charge in [0, 0.05) is 10.8 Å². The number of terminal acetylenes is 2. The number of carbonyl (C=O) groups is 2. The fourth-order valence-electron chi connectivity index (χ4n) is 12.3. The number of ether oxygens (including phenoxy) is 2. The molecule has 0 bridgehead atoms. The predicted molar refractivity (Wildman–Crippen MR) is 192 cm³/mol. The second kappa shape index (κ2) is 12.2. The molecule has 0 spiro atoms. The predicted octanol–water partition coefficient (Wildman–Crippen LogP) is 6.39. The average molecular weight is 691 g/mol. The van der Waals surface area contributed by atoms with Crippen LogP contribution in [0.25, 0.3) is 0 Å². The summed E-state index contributed by atoms with van der Waals surface area (Å²) in [5, 5.41) is 33.1. The topological polar surface area (TPSA) is 113 Å². The van der Waals surface area contributed by atoms with E-state index in [0.29, 0.717) is 59.8 Å². The van der Waals surface area contributed by atoms with Crippen LogP contribution in [0, 0.1) is 59.2 Å². The highest BCUT2D eigenvalue weighted by Gasteiger charge is 2.62. The SMILES string of the molecule is C#C[C@]1(O)CC[C@H]2[C@@H]3CCc4cc(OC(=O)CC(O)C(=O)Oc5ccc6c(c5)CC[C@@H]5[C@@H]6CC[C@@]6(C)[C@H]5CC[C@@]6(O)C#C)ccc4[C@H]3CC[C@@]21C. The summed E-state index contributed by atoms with van der Waals surface area (Å²) in [6.45, 7) is 4.35. The molecule has 11 atom stereocenters. The third-order valence-electron chi connectivity index (χ3n) is 15.3. The first-order valence-electron chi connectivity index (χ1n) is 19.1. The van der Waals surface area contributed by atoms with Gasteiger partial charge in [0.05, 0.1) is 6.42 Å². The molecule has 7 heteroatoms. The Hall–Kier alpha value is -3.62. The Morgan fingerprint density at radius 3 is 1.69 bits per heavy atom. The number of aryl methyl sites for hydroxylation is 2. The number of rotatable bonds is 5. The van der Waals surface area contributed by atoms with Crippen molar-refractivity contribution < 1.29 is 34.4 Å². The number of benzene rings is 2. The van der Waals surface area contributed by atoms with Crippen LogP contribution >= 0.6 is 0 Å². The zero-order valence-corrected chi connectivity index (χ0v) is 29.8. The van der Waals surface area contributed by atoms with Crippen molar-refractivity contribution in [1.82, 2.24) is 0 Å². The van der Waals surface area contributed by atoms with Gasteiger partial charge >= 0.3 is 11.9 Å². The monoisotopic (exact) mass is 690 g/mol. The van der Waals surface area contributed by atoms with Gasteiger partial charge in [0.15, 0.2) is 6.10 Å². The first kappa shape index (κ1) is 34.5. The van der Waals surface area contributed by atoms with Gasteiger partial charge in [-0.25, -0.2) is 4.79 Å². The number of aliphatic hydroxyl groups is 3. The summed E-state index contributed by atoms with van der Waals surface area (Å²) in [6, 6.07) is 11.5. The van der Waals surface area contributed by atoms with E-state index in [1.54, 1.807) is 12.1 Å². The summed E-state index contributed by atoms with van der Waals surface area (Å²) in [6.07, 6.45) is 20.0. The Morgan fingerprint density at radius 2 is 1.22 bits per heavy atom. The third kappa shape index (κ3) is 5.21. The molecule has 6 aliphatic rings. The van der Waals surface area contributed by atoms with Crippen LogP contribution in [0.5, 0.6) is 11.5 Å². The summed E-state index contributed by atoms with van der Waals surface area (Å²) in [5.41, 5.74) is 2.27. The van der Waals surface area contributed by atoms with Crippen LogP contribution in [-0.4, -0.2) is 44.6 Å². The Morgan fingerprint density at radius 1 is 0.745 bits per heavy atom. The number of hydrogen-bond acceptors (Lipinski definition) is 7. The molecule has 268 valence electrons. The quantitative estimate of drug-likeness (QED) is 0.189. The molecule has 0 saturated heterocycles. The van der Waals surface area contributed by atoms with Crippen molar-refractivity contribution in [1.29, 1.82) is 0 Å². The van der Waals surface area contributed by atoms with Crippen molar-refractivity contribution in [2.24, 2.45) is 34.5 Å². The maximum Gasteiger partial charge on any atom is 0.340 e. The highest BCUT2D eigenvalue weighted by molar-refractivity contribution is 5.84. The van der Waals surface area contributed by atoms with Crippen LogP contribution in [0.1, 0.15) is 119 Å². The minimum absolute atomic E-state index is 0.256. The van der Waals surface area contributed by atoms with Gasteiger partial charge in [-0.3, -0.25) is 4.79 Å². The van der Waals surface area contributed by atoms with Gasteiger partial charge in [-0.2, -0.15) is 0 Å². The van der Waals surface area contributed by atoms with Crippen LogP contribution in [-0.2, 0) is 22.4 Å². The largest absolute Gasteiger partial charge is 0.426 e. The van der Waals surface area contributed by atoms with Gasteiger partial charge in [0.1, 0.15) is 22.7 Å². The summed E-state index contributed by atoms with van der Waals surface area (Å²) in [7, 11) is 0. The lowest BCUT2D eigenvalue weighted by atomic mass is 9.53. The number of hydrogen-bond donors (Lipinski definition) is 3. The van der Waals surface area contributed by atoms with Gasteiger partial charge in [0.2, 0.25) is 0 Å². The summed E-state index contributed by atoms with van der Waals surface area (Å²) in [4.78, 5) is 25.7. The van der Waals surface area contributed by atoms with Crippen molar-refractivity contribution in [3.63, 3.8) is 0 Å². The molecule has 3 N–H and O–H groups in total. The summed E-state index contributed by atoms with van der Waals surface area (Å²) >= 11 is 0. The number of fused-ring (bicyclic) bond motifs is 10. The molecule has 0 aromatic heterocycles. The Bertz CT molecular complexity index is 1850. The molecule has 51 heavy (non-hydrogen) atoms. The van der Waals surface area contributed by atoms with Gasteiger partial charge in [-0.05, 0) is 159 Å². The van der Waals surface area contributed by atoms with E-state index in [4.69, 9.17) is 22.3 Å². The molecule has 4 saturated carbocycles. The van der Waals surface area contributed by atoms with E-state index >= 15 is 0 Å². The fraction of sp³-hybridized carbons (Fsp3) is 0.591. The van der Waals surface area contributed by atoms with E-state index in [9.17, 15) is 24.9 Å². The van der Waals surface area contributed by atoms with Crippen molar-refractivity contribution in [2.45, 2.75) is 126 Å². The van der Waals surface area contributed by atoms with Crippen molar-refractivity contribution >= 4 is 11.9 Å². The Labute approximate surface area is 301 Å². The normalized spacial score (nSPS) is 39.4. The van der Waals surface area contributed by atoms with E-state index in [1.807, 2.05) is 18.2 Å².